The highest BCUT2D eigenvalue weighted by Gasteiger charge is 2.34. The number of rotatable bonds is 5. The maximum absolute atomic E-state index is 12.8. The van der Waals surface area contributed by atoms with Crippen molar-refractivity contribution < 1.29 is 14.3 Å². The van der Waals surface area contributed by atoms with Crippen LogP contribution in [0, 0.1) is 5.92 Å². The van der Waals surface area contributed by atoms with Crippen LogP contribution in [0.3, 0.4) is 0 Å². The Hall–Kier alpha value is -1.30. The molecule has 0 bridgehead atoms. The largest absolute Gasteiger partial charge is 0.444 e. The van der Waals surface area contributed by atoms with Gasteiger partial charge < -0.3 is 20.3 Å². The lowest BCUT2D eigenvalue weighted by Gasteiger charge is -2.41. The third kappa shape index (κ3) is 6.49. The van der Waals surface area contributed by atoms with Crippen LogP contribution in [0.2, 0.25) is 0 Å². The highest BCUT2D eigenvalue weighted by molar-refractivity contribution is 5.82. The number of nitrogens with zero attached hydrogens (tertiary/aromatic N) is 2. The van der Waals surface area contributed by atoms with Crippen molar-refractivity contribution in [1.29, 1.82) is 0 Å². The lowest BCUT2D eigenvalue weighted by Crippen LogP contribution is -2.57. The molecule has 6 heteroatoms. The van der Waals surface area contributed by atoms with E-state index in [0.717, 1.165) is 19.3 Å². The molecule has 2 unspecified atom stereocenters. The van der Waals surface area contributed by atoms with Gasteiger partial charge in [0.05, 0.1) is 6.04 Å². The summed E-state index contributed by atoms with van der Waals surface area (Å²) in [6.07, 6.45) is 2.61. The van der Waals surface area contributed by atoms with Crippen LogP contribution in [-0.4, -0.2) is 58.6 Å². The molecule has 2 atom stereocenters. The van der Waals surface area contributed by atoms with E-state index in [1.807, 2.05) is 53.4 Å². The lowest BCUT2D eigenvalue weighted by atomic mass is 9.97. The minimum Gasteiger partial charge on any atom is -0.444 e. The molecule has 0 aromatic carbocycles. The maximum Gasteiger partial charge on any atom is 0.410 e. The summed E-state index contributed by atoms with van der Waals surface area (Å²) in [7, 11) is 0. The number of carbonyl (C=O) groups excluding carboxylic acids is 2. The van der Waals surface area contributed by atoms with Gasteiger partial charge >= 0.3 is 6.09 Å². The average Bonchev–Trinajstić information content (AvgIpc) is 2.49. The number of carbonyl (C=O) groups is 2. The second-order valence-electron chi connectivity index (χ2n) is 8.68. The van der Waals surface area contributed by atoms with E-state index in [1.165, 1.54) is 0 Å². The molecule has 1 aliphatic rings. The molecule has 1 aliphatic heterocycles. The van der Waals surface area contributed by atoms with E-state index in [-0.39, 0.29) is 30.0 Å². The number of likely N-dealkylation sites (tertiary alicyclic amines) is 1. The molecule has 6 nitrogen and oxygen atoms in total. The maximum atomic E-state index is 12.8. The summed E-state index contributed by atoms with van der Waals surface area (Å²) >= 11 is 0. The second-order valence-corrected chi connectivity index (χ2v) is 8.68. The first-order chi connectivity index (χ1) is 11.4. The molecular weight excluding hydrogens is 318 g/mol. The highest BCUT2D eigenvalue weighted by Crippen LogP contribution is 2.22. The lowest BCUT2D eigenvalue weighted by molar-refractivity contribution is -0.138. The zero-order valence-electron chi connectivity index (χ0n) is 17.0. The predicted molar refractivity (Wildman–Crippen MR) is 100 cm³/mol. The molecule has 146 valence electrons. The van der Waals surface area contributed by atoms with Gasteiger partial charge in [0.2, 0.25) is 5.91 Å². The van der Waals surface area contributed by atoms with Crippen LogP contribution in [0.4, 0.5) is 4.79 Å². The van der Waals surface area contributed by atoms with Gasteiger partial charge in [-0.05, 0) is 59.8 Å². The SMILES string of the molecule is CC(C)C(N)C(=O)N1CCCCC1CN(C(=O)OC(C)(C)C)C(C)C. The molecule has 1 fully saturated rings. The minimum absolute atomic E-state index is 0.000897. The Kier molecular flexibility index (Phi) is 7.72. The van der Waals surface area contributed by atoms with Crippen LogP contribution < -0.4 is 5.73 Å². The van der Waals surface area contributed by atoms with Crippen LogP contribution in [0.15, 0.2) is 0 Å². The first-order valence-electron chi connectivity index (χ1n) is 9.49. The van der Waals surface area contributed by atoms with Crippen molar-refractivity contribution in [2.45, 2.75) is 91.5 Å². The van der Waals surface area contributed by atoms with Crippen LogP contribution >= 0.6 is 0 Å². The molecule has 25 heavy (non-hydrogen) atoms. The molecule has 1 rings (SSSR count). The molecule has 0 radical (unpaired) electrons. The minimum atomic E-state index is -0.535. The molecule has 1 saturated heterocycles. The van der Waals surface area contributed by atoms with E-state index >= 15 is 0 Å². The predicted octanol–water partition coefficient (Wildman–Crippen LogP) is 3.00. The summed E-state index contributed by atoms with van der Waals surface area (Å²) in [5.74, 6) is 0.0923. The average molecular weight is 356 g/mol. The standard InChI is InChI=1S/C19H37N3O3/c1-13(2)16(20)17(23)21-11-9-8-10-15(21)12-22(14(3)4)18(24)25-19(5,6)7/h13-16H,8-12,20H2,1-7H3. The van der Waals surface area contributed by atoms with Gasteiger partial charge in [-0.25, -0.2) is 4.79 Å². The Bertz CT molecular complexity index is 457. The summed E-state index contributed by atoms with van der Waals surface area (Å²) in [6.45, 7) is 14.7. The first kappa shape index (κ1) is 21.7. The smallest absolute Gasteiger partial charge is 0.410 e. The van der Waals surface area contributed by atoms with Crippen LogP contribution in [0.1, 0.15) is 67.7 Å². The molecule has 1 heterocycles. The molecule has 0 saturated carbocycles. The van der Waals surface area contributed by atoms with Gasteiger partial charge in [-0.3, -0.25) is 4.79 Å². The number of nitrogens with two attached hydrogens (primary N) is 1. The third-order valence-electron chi connectivity index (χ3n) is 4.57. The Morgan fingerprint density at radius 1 is 1.20 bits per heavy atom. The zero-order valence-corrected chi connectivity index (χ0v) is 17.0. The van der Waals surface area contributed by atoms with E-state index in [9.17, 15) is 9.59 Å². The van der Waals surface area contributed by atoms with Crippen molar-refractivity contribution in [3.05, 3.63) is 0 Å². The quantitative estimate of drug-likeness (QED) is 0.822. The zero-order chi connectivity index (χ0) is 19.4. The third-order valence-corrected chi connectivity index (χ3v) is 4.57. The Labute approximate surface area is 153 Å². The Morgan fingerprint density at radius 3 is 2.28 bits per heavy atom. The number of ether oxygens (including phenoxy) is 1. The molecular formula is C19H37N3O3. The molecule has 0 spiro atoms. The van der Waals surface area contributed by atoms with Gasteiger partial charge in [-0.15, -0.1) is 0 Å². The Morgan fingerprint density at radius 2 is 1.80 bits per heavy atom. The van der Waals surface area contributed by atoms with Crippen molar-refractivity contribution in [3.63, 3.8) is 0 Å². The van der Waals surface area contributed by atoms with E-state index in [2.05, 4.69) is 0 Å². The van der Waals surface area contributed by atoms with Crippen LogP contribution in [-0.2, 0) is 9.53 Å². The number of hydrogen-bond acceptors (Lipinski definition) is 4. The summed E-state index contributed by atoms with van der Waals surface area (Å²) in [5, 5.41) is 0. The monoisotopic (exact) mass is 355 g/mol. The molecule has 2 N–H and O–H groups in total. The fraction of sp³-hybridized carbons (Fsp3) is 0.895. The van der Waals surface area contributed by atoms with Gasteiger partial charge in [0.1, 0.15) is 5.60 Å². The van der Waals surface area contributed by atoms with Gasteiger partial charge in [0.25, 0.3) is 0 Å². The number of amides is 2. The topological polar surface area (TPSA) is 75.9 Å². The van der Waals surface area contributed by atoms with Gasteiger partial charge in [0.15, 0.2) is 0 Å². The van der Waals surface area contributed by atoms with E-state index in [4.69, 9.17) is 10.5 Å². The van der Waals surface area contributed by atoms with Crippen molar-refractivity contribution in [2.24, 2.45) is 11.7 Å². The highest BCUT2D eigenvalue weighted by atomic mass is 16.6. The van der Waals surface area contributed by atoms with Crippen molar-refractivity contribution in [3.8, 4) is 0 Å². The summed E-state index contributed by atoms with van der Waals surface area (Å²) < 4.78 is 5.54. The summed E-state index contributed by atoms with van der Waals surface area (Å²) in [5.41, 5.74) is 5.55. The molecule has 2 amide bonds. The first-order valence-corrected chi connectivity index (χ1v) is 9.49. The molecule has 0 aromatic rings. The van der Waals surface area contributed by atoms with E-state index < -0.39 is 11.6 Å². The number of piperidine rings is 1. The van der Waals surface area contributed by atoms with E-state index in [0.29, 0.717) is 13.1 Å². The van der Waals surface area contributed by atoms with Crippen molar-refractivity contribution in [2.75, 3.05) is 13.1 Å². The van der Waals surface area contributed by atoms with Crippen LogP contribution in [0.5, 0.6) is 0 Å². The number of hydrogen-bond donors (Lipinski definition) is 1. The van der Waals surface area contributed by atoms with Gasteiger partial charge in [0, 0.05) is 25.2 Å². The second kappa shape index (κ2) is 8.88. The normalized spacial score (nSPS) is 19.9. The fourth-order valence-electron chi connectivity index (χ4n) is 3.00. The Balaban J connectivity index is 2.89. The van der Waals surface area contributed by atoms with Gasteiger partial charge in [-0.2, -0.15) is 0 Å². The summed E-state index contributed by atoms with van der Waals surface area (Å²) in [6, 6.07) is -0.483. The van der Waals surface area contributed by atoms with E-state index in [1.54, 1.807) is 4.90 Å². The molecule has 0 aliphatic carbocycles. The molecule has 0 aromatic heterocycles. The van der Waals surface area contributed by atoms with Crippen molar-refractivity contribution in [1.82, 2.24) is 9.80 Å². The van der Waals surface area contributed by atoms with Crippen LogP contribution in [0.25, 0.3) is 0 Å². The fourth-order valence-corrected chi connectivity index (χ4v) is 3.00. The van der Waals surface area contributed by atoms with Crippen molar-refractivity contribution >= 4 is 12.0 Å². The van der Waals surface area contributed by atoms with Gasteiger partial charge in [-0.1, -0.05) is 13.8 Å². The summed E-state index contributed by atoms with van der Waals surface area (Å²) in [4.78, 5) is 28.9.